The van der Waals surface area contributed by atoms with E-state index in [1.54, 1.807) is 24.3 Å². The van der Waals surface area contributed by atoms with Crippen molar-refractivity contribution in [2.75, 3.05) is 6.54 Å². The van der Waals surface area contributed by atoms with Crippen LogP contribution in [-0.2, 0) is 21.0 Å². The summed E-state index contributed by atoms with van der Waals surface area (Å²) in [6.07, 6.45) is 1.58. The van der Waals surface area contributed by atoms with Gasteiger partial charge in [-0.05, 0) is 53.5 Å². The molecule has 0 spiro atoms. The molecule has 0 saturated carbocycles. The molecule has 0 atom stereocenters. The third-order valence-corrected chi connectivity index (χ3v) is 8.93. The number of Topliss-reactive ketones (excluding diaryl/α,β-unsaturated/α-hetero) is 2. The number of hydrogen-bond acceptors (Lipinski definition) is 5. The molecule has 3 aliphatic rings. The summed E-state index contributed by atoms with van der Waals surface area (Å²) in [5.74, 6) is -1.49. The Morgan fingerprint density at radius 3 is 2.05 bits per heavy atom. The zero-order chi connectivity index (χ0) is 30.6. The Morgan fingerprint density at radius 2 is 1.50 bits per heavy atom. The number of ketones is 2. The molecule has 1 aliphatic heterocycles. The molecule has 0 radical (unpaired) electrons. The Kier molecular flexibility index (Phi) is 8.29. The summed E-state index contributed by atoms with van der Waals surface area (Å²) in [5.41, 5.74) is 3.22. The molecule has 5 rings (SSSR count). The van der Waals surface area contributed by atoms with Crippen molar-refractivity contribution in [2.45, 2.75) is 72.3 Å². The average molecular weight is 631 g/mol. The van der Waals surface area contributed by atoms with Crippen LogP contribution in [0.4, 0.5) is 0 Å². The average Bonchev–Trinajstić information content (AvgIpc) is 2.84. The van der Waals surface area contributed by atoms with Gasteiger partial charge < -0.3 is 14.7 Å². The smallest absolute Gasteiger partial charge is 0.305 e. The minimum absolute atomic E-state index is 0.0763. The quantitative estimate of drug-likeness (QED) is 0.331. The Hall–Kier alpha value is -2.80. The molecule has 222 valence electrons. The van der Waals surface area contributed by atoms with Crippen LogP contribution in [0.15, 0.2) is 58.9 Å². The van der Waals surface area contributed by atoms with Crippen LogP contribution < -0.4 is 4.74 Å². The van der Waals surface area contributed by atoms with Gasteiger partial charge in [0.25, 0.3) is 0 Å². The number of carboxylic acids is 1. The number of nitrogens with zero attached hydrogens (tertiary/aromatic N) is 1. The molecule has 0 saturated heterocycles. The van der Waals surface area contributed by atoms with Gasteiger partial charge in [0.15, 0.2) is 11.6 Å². The highest BCUT2D eigenvalue weighted by molar-refractivity contribution is 6.35. The lowest BCUT2D eigenvalue weighted by Gasteiger charge is -2.49. The minimum Gasteiger partial charge on any atom is -0.487 e. The molecule has 1 N–H and O–H groups in total. The second-order valence-electron chi connectivity index (χ2n) is 13.1. The fourth-order valence-corrected chi connectivity index (χ4v) is 7.34. The van der Waals surface area contributed by atoms with Crippen molar-refractivity contribution in [2.24, 2.45) is 10.8 Å². The van der Waals surface area contributed by atoms with E-state index in [2.05, 4.69) is 0 Å². The van der Waals surface area contributed by atoms with Gasteiger partial charge in [0.1, 0.15) is 12.4 Å². The van der Waals surface area contributed by atoms with Gasteiger partial charge in [-0.15, -0.1) is 0 Å². The highest BCUT2D eigenvalue weighted by Gasteiger charge is 2.49. The third kappa shape index (κ3) is 6.13. The topological polar surface area (TPSA) is 83.9 Å². The van der Waals surface area contributed by atoms with Crippen LogP contribution in [0.2, 0.25) is 15.1 Å². The summed E-state index contributed by atoms with van der Waals surface area (Å²) in [5, 5.41) is 10.8. The molecule has 2 aromatic carbocycles. The summed E-state index contributed by atoms with van der Waals surface area (Å²) >= 11 is 19.5. The number of hydrogen-bond donors (Lipinski definition) is 1. The molecule has 42 heavy (non-hydrogen) atoms. The molecular weight excluding hydrogens is 597 g/mol. The molecule has 0 unspecified atom stereocenters. The molecular formula is C33H34Cl3NO5. The van der Waals surface area contributed by atoms with Crippen LogP contribution in [0.25, 0.3) is 0 Å². The Labute approximate surface area is 261 Å². The van der Waals surface area contributed by atoms with Crippen molar-refractivity contribution in [1.82, 2.24) is 4.90 Å². The molecule has 2 aliphatic carbocycles. The maximum absolute atomic E-state index is 14.1. The summed E-state index contributed by atoms with van der Waals surface area (Å²) in [6, 6.07) is 10.6. The molecule has 9 heteroatoms. The van der Waals surface area contributed by atoms with Crippen molar-refractivity contribution >= 4 is 52.3 Å². The number of carbonyl (C=O) groups is 3. The maximum atomic E-state index is 14.1. The molecule has 1 heterocycles. The first kappa shape index (κ1) is 30.7. The first-order valence-corrected chi connectivity index (χ1v) is 15.2. The van der Waals surface area contributed by atoms with Gasteiger partial charge >= 0.3 is 5.97 Å². The van der Waals surface area contributed by atoms with E-state index < -0.39 is 11.9 Å². The van der Waals surface area contributed by atoms with E-state index in [-0.39, 0.29) is 47.0 Å². The summed E-state index contributed by atoms with van der Waals surface area (Å²) in [4.78, 5) is 41.8. The monoisotopic (exact) mass is 629 g/mol. The number of benzene rings is 2. The van der Waals surface area contributed by atoms with Crippen molar-refractivity contribution in [3.8, 4) is 5.75 Å². The number of carboxylic acid groups (broad SMARTS) is 1. The predicted molar refractivity (Wildman–Crippen MR) is 164 cm³/mol. The first-order chi connectivity index (χ1) is 19.7. The lowest BCUT2D eigenvalue weighted by atomic mass is 9.63. The molecule has 0 fully saturated rings. The van der Waals surface area contributed by atoms with Crippen molar-refractivity contribution < 1.29 is 24.2 Å². The van der Waals surface area contributed by atoms with Crippen LogP contribution in [0.5, 0.6) is 5.75 Å². The van der Waals surface area contributed by atoms with Gasteiger partial charge in [0, 0.05) is 63.5 Å². The molecule has 6 nitrogen and oxygen atoms in total. The lowest BCUT2D eigenvalue weighted by Crippen LogP contribution is -2.45. The second kappa shape index (κ2) is 11.4. The fraction of sp³-hybridized carbons (Fsp3) is 0.424. The number of allylic oxidation sites excluding steroid dienone is 4. The largest absolute Gasteiger partial charge is 0.487 e. The number of halogens is 3. The predicted octanol–water partition coefficient (Wildman–Crippen LogP) is 8.39. The van der Waals surface area contributed by atoms with Crippen LogP contribution in [-0.4, -0.2) is 34.1 Å². The SMILES string of the molecule is CC1(C)CC(=O)C2=C(C1)N(CCC(=O)O)C1=C(C(=O)CC(C)(C)C1)C2c1cc(Cl)cc(Cl)c1OCc1cccc(Cl)c1. The van der Waals surface area contributed by atoms with Gasteiger partial charge in [-0.2, -0.15) is 0 Å². The van der Waals surface area contributed by atoms with Gasteiger partial charge in [-0.3, -0.25) is 14.4 Å². The van der Waals surface area contributed by atoms with E-state index in [1.165, 1.54) is 0 Å². The van der Waals surface area contributed by atoms with Gasteiger partial charge in [-0.1, -0.05) is 74.6 Å². The zero-order valence-corrected chi connectivity index (χ0v) is 26.4. The van der Waals surface area contributed by atoms with Crippen LogP contribution in [0.1, 0.15) is 76.8 Å². The van der Waals surface area contributed by atoms with E-state index in [1.807, 2.05) is 44.7 Å². The Balaban J connectivity index is 1.74. The van der Waals surface area contributed by atoms with Gasteiger partial charge in [0.2, 0.25) is 0 Å². The highest BCUT2D eigenvalue weighted by atomic mass is 35.5. The fourth-order valence-electron chi connectivity index (χ4n) is 6.57. The number of aliphatic carboxylic acids is 1. The summed E-state index contributed by atoms with van der Waals surface area (Å²) in [6.45, 7) is 8.47. The van der Waals surface area contributed by atoms with Gasteiger partial charge in [-0.25, -0.2) is 0 Å². The summed E-state index contributed by atoms with van der Waals surface area (Å²) < 4.78 is 6.33. The van der Waals surface area contributed by atoms with Gasteiger partial charge in [0.05, 0.1) is 11.4 Å². The van der Waals surface area contributed by atoms with Crippen molar-refractivity contribution in [3.63, 3.8) is 0 Å². The van der Waals surface area contributed by atoms with E-state index in [0.29, 0.717) is 58.2 Å². The van der Waals surface area contributed by atoms with E-state index in [4.69, 9.17) is 39.5 Å². The molecule has 0 aromatic heterocycles. The van der Waals surface area contributed by atoms with Crippen LogP contribution in [0, 0.1) is 10.8 Å². The third-order valence-electron chi connectivity index (χ3n) is 8.19. The minimum atomic E-state index is -0.942. The van der Waals surface area contributed by atoms with Crippen molar-refractivity contribution in [1.29, 1.82) is 0 Å². The second-order valence-corrected chi connectivity index (χ2v) is 14.3. The molecule has 2 aromatic rings. The van der Waals surface area contributed by atoms with Crippen LogP contribution >= 0.6 is 34.8 Å². The van der Waals surface area contributed by atoms with E-state index in [9.17, 15) is 19.5 Å². The Bertz CT molecular complexity index is 1500. The van der Waals surface area contributed by atoms with E-state index >= 15 is 0 Å². The Morgan fingerprint density at radius 1 is 0.905 bits per heavy atom. The number of rotatable bonds is 7. The zero-order valence-electron chi connectivity index (χ0n) is 24.2. The number of ether oxygens (including phenoxy) is 1. The molecule has 0 amide bonds. The standard InChI is InChI=1S/C33H34Cl3NO5/c1-32(2)13-23-29(25(38)15-32)28(30-24(37(23)9-8-27(40)41)14-33(3,4)16-26(30)39)21-11-20(35)12-22(36)31(21)42-17-18-6-5-7-19(34)10-18/h5-7,10-12,28H,8-9,13-17H2,1-4H3,(H,40,41). The normalized spacial score (nSPS) is 20.0. The highest BCUT2D eigenvalue weighted by Crippen LogP contribution is 2.56. The first-order valence-electron chi connectivity index (χ1n) is 14.0. The van der Waals surface area contributed by atoms with Crippen molar-refractivity contribution in [3.05, 3.63) is 85.1 Å². The maximum Gasteiger partial charge on any atom is 0.305 e. The number of carbonyl (C=O) groups excluding carboxylic acids is 2. The van der Waals surface area contributed by atoms with Crippen LogP contribution in [0.3, 0.4) is 0 Å². The molecule has 0 bridgehead atoms. The lowest BCUT2D eigenvalue weighted by molar-refractivity contribution is -0.137. The van der Waals surface area contributed by atoms with E-state index in [0.717, 1.165) is 17.0 Å². The summed E-state index contributed by atoms with van der Waals surface area (Å²) in [7, 11) is 0.